The van der Waals surface area contributed by atoms with Crippen molar-refractivity contribution in [3.63, 3.8) is 0 Å². The molecule has 0 aliphatic heterocycles. The van der Waals surface area contributed by atoms with E-state index in [1.807, 2.05) is 12.1 Å². The normalized spacial score (nSPS) is 11.1. The molecule has 7 nitrogen and oxygen atoms in total. The maximum Gasteiger partial charge on any atom is 0.404 e. The summed E-state index contributed by atoms with van der Waals surface area (Å²) in [5.41, 5.74) is 1.44. The van der Waals surface area contributed by atoms with Crippen molar-refractivity contribution in [1.82, 2.24) is 10.3 Å². The number of hydrogen-bond acceptors (Lipinski definition) is 5. The summed E-state index contributed by atoms with van der Waals surface area (Å²) in [6.07, 6.45) is 3.11. The quantitative estimate of drug-likeness (QED) is 0.341. The summed E-state index contributed by atoms with van der Waals surface area (Å²) >= 11 is 1.65. The number of carboxylic acid groups (broad SMARTS) is 1. The molecule has 3 N–H and O–H groups in total. The second kappa shape index (κ2) is 7.52. The molecule has 0 unspecified atom stereocenters. The highest BCUT2D eigenvalue weighted by Gasteiger charge is 2.18. The van der Waals surface area contributed by atoms with Crippen LogP contribution in [0.15, 0.2) is 24.4 Å². The minimum atomic E-state index is -1.04. The Morgan fingerprint density at radius 3 is 3.04 bits per heavy atom. The number of ether oxygens (including phenoxy) is 1. The van der Waals surface area contributed by atoms with Crippen LogP contribution < -0.4 is 14.8 Å². The summed E-state index contributed by atoms with van der Waals surface area (Å²) in [6, 6.07) is 5.55. The lowest BCUT2D eigenvalue weighted by Crippen LogP contribution is -2.30. The SMILES string of the molecule is CCCc1nc2c[n+](O)c3cc(OCCCNC(=O)O)ccc3c2s1. The van der Waals surface area contributed by atoms with E-state index in [0.717, 1.165) is 38.2 Å². The standard InChI is InChI=1S/C17H19N3O4S/c1-2-4-15-19-13-10-20(23)14-9-11(5-6-12(14)16(13)25-15)24-8-3-7-18-17(21)22/h5-6,9-10,18H,2-4,7-8H2,1H3,(H-,21,22,23)/p+1. The first-order valence-electron chi connectivity index (χ1n) is 8.15. The molecule has 8 heteroatoms. The molecule has 0 radical (unpaired) electrons. The molecule has 0 saturated heterocycles. The van der Waals surface area contributed by atoms with Crippen molar-refractivity contribution in [3.8, 4) is 5.75 Å². The summed E-state index contributed by atoms with van der Waals surface area (Å²) in [4.78, 5) is 15.0. The van der Waals surface area contributed by atoms with Crippen LogP contribution >= 0.6 is 11.3 Å². The number of hydrogen-bond donors (Lipinski definition) is 3. The van der Waals surface area contributed by atoms with Gasteiger partial charge in [0, 0.05) is 11.3 Å². The molecule has 0 aliphatic carbocycles. The summed E-state index contributed by atoms with van der Waals surface area (Å²) in [5.74, 6) is 0.628. The number of benzene rings is 1. The number of aryl methyl sites for hydroxylation is 1. The third-order valence-corrected chi connectivity index (χ3v) is 4.90. The Morgan fingerprint density at radius 1 is 1.44 bits per heavy atom. The zero-order valence-corrected chi connectivity index (χ0v) is 14.7. The number of aromatic nitrogens is 2. The summed E-state index contributed by atoms with van der Waals surface area (Å²) in [7, 11) is 0. The van der Waals surface area contributed by atoms with Crippen LogP contribution in [0.2, 0.25) is 0 Å². The Labute approximate surface area is 148 Å². The van der Waals surface area contributed by atoms with Gasteiger partial charge in [-0.25, -0.2) is 9.78 Å². The van der Waals surface area contributed by atoms with Gasteiger partial charge in [-0.2, -0.15) is 0 Å². The van der Waals surface area contributed by atoms with Crippen LogP contribution in [0.25, 0.3) is 21.1 Å². The van der Waals surface area contributed by atoms with E-state index in [-0.39, 0.29) is 0 Å². The first kappa shape index (κ1) is 17.2. The molecule has 3 aromatic rings. The number of amides is 1. The Kier molecular flexibility index (Phi) is 5.18. The average Bonchev–Trinajstić information content (AvgIpc) is 2.97. The van der Waals surface area contributed by atoms with Gasteiger partial charge in [0.2, 0.25) is 6.20 Å². The van der Waals surface area contributed by atoms with Crippen molar-refractivity contribution >= 4 is 38.5 Å². The molecule has 3 rings (SSSR count). The van der Waals surface area contributed by atoms with Gasteiger partial charge in [-0.1, -0.05) is 6.92 Å². The van der Waals surface area contributed by atoms with Crippen molar-refractivity contribution in [2.24, 2.45) is 0 Å². The minimum Gasteiger partial charge on any atom is -0.493 e. The lowest BCUT2D eigenvalue weighted by Gasteiger charge is -2.06. The van der Waals surface area contributed by atoms with Gasteiger partial charge in [0.1, 0.15) is 5.75 Å². The molecule has 25 heavy (non-hydrogen) atoms. The first-order valence-corrected chi connectivity index (χ1v) is 8.97. The first-order chi connectivity index (χ1) is 12.1. The van der Waals surface area contributed by atoms with Gasteiger partial charge in [-0.3, -0.25) is 5.21 Å². The van der Waals surface area contributed by atoms with Crippen molar-refractivity contribution in [3.05, 3.63) is 29.4 Å². The summed E-state index contributed by atoms with van der Waals surface area (Å²) < 4.78 is 7.77. The van der Waals surface area contributed by atoms with E-state index in [0.29, 0.717) is 30.8 Å². The molecule has 0 atom stereocenters. The third-order valence-electron chi connectivity index (χ3n) is 3.73. The van der Waals surface area contributed by atoms with Crippen LogP contribution in [0.4, 0.5) is 4.79 Å². The van der Waals surface area contributed by atoms with E-state index in [1.165, 1.54) is 0 Å². The molecular weight excluding hydrogens is 342 g/mol. The number of pyridine rings is 1. The molecule has 2 aromatic heterocycles. The number of fused-ring (bicyclic) bond motifs is 3. The van der Waals surface area contributed by atoms with Crippen molar-refractivity contribution in [2.75, 3.05) is 13.2 Å². The molecule has 0 spiro atoms. The van der Waals surface area contributed by atoms with Gasteiger partial charge in [0.05, 0.1) is 27.8 Å². The van der Waals surface area contributed by atoms with Crippen LogP contribution in [-0.4, -0.2) is 34.5 Å². The zero-order valence-electron chi connectivity index (χ0n) is 13.9. The number of carbonyl (C=O) groups is 1. The zero-order chi connectivity index (χ0) is 17.8. The fourth-order valence-electron chi connectivity index (χ4n) is 2.60. The van der Waals surface area contributed by atoms with Crippen molar-refractivity contribution < 1.29 is 24.6 Å². The van der Waals surface area contributed by atoms with Crippen LogP contribution in [-0.2, 0) is 6.42 Å². The number of nitrogens with one attached hydrogen (secondary N) is 1. The largest absolute Gasteiger partial charge is 0.493 e. The van der Waals surface area contributed by atoms with E-state index in [9.17, 15) is 10.0 Å². The average molecular weight is 362 g/mol. The lowest BCUT2D eigenvalue weighted by atomic mass is 10.2. The van der Waals surface area contributed by atoms with E-state index in [2.05, 4.69) is 17.2 Å². The predicted molar refractivity (Wildman–Crippen MR) is 94.6 cm³/mol. The summed E-state index contributed by atoms with van der Waals surface area (Å²) in [6.45, 7) is 2.84. The van der Waals surface area contributed by atoms with Gasteiger partial charge < -0.3 is 15.2 Å². The number of rotatable bonds is 7. The number of nitrogens with zero attached hydrogens (tertiary/aromatic N) is 2. The molecular formula is C17H20N3O4S+. The predicted octanol–water partition coefficient (Wildman–Crippen LogP) is 2.96. The molecule has 2 heterocycles. The minimum absolute atomic E-state index is 0.338. The van der Waals surface area contributed by atoms with Gasteiger partial charge in [-0.15, -0.1) is 11.3 Å². The third kappa shape index (κ3) is 3.90. The van der Waals surface area contributed by atoms with Gasteiger partial charge >= 0.3 is 6.09 Å². The van der Waals surface area contributed by atoms with Crippen molar-refractivity contribution in [1.29, 1.82) is 0 Å². The van der Waals surface area contributed by atoms with E-state index >= 15 is 0 Å². The van der Waals surface area contributed by atoms with Gasteiger partial charge in [0.15, 0.2) is 5.52 Å². The molecule has 0 saturated carbocycles. The topological polar surface area (TPSA) is 95.6 Å². The fourth-order valence-corrected chi connectivity index (χ4v) is 3.78. The Morgan fingerprint density at radius 2 is 2.28 bits per heavy atom. The molecule has 0 fully saturated rings. The van der Waals surface area contributed by atoms with E-state index in [4.69, 9.17) is 9.84 Å². The van der Waals surface area contributed by atoms with E-state index in [1.54, 1.807) is 23.6 Å². The summed E-state index contributed by atoms with van der Waals surface area (Å²) in [5, 5.41) is 23.1. The molecule has 1 aromatic carbocycles. The second-order valence-electron chi connectivity index (χ2n) is 5.66. The number of thiazole rings is 1. The van der Waals surface area contributed by atoms with Gasteiger partial charge in [0.25, 0.3) is 5.52 Å². The van der Waals surface area contributed by atoms with Crippen LogP contribution in [0.3, 0.4) is 0 Å². The van der Waals surface area contributed by atoms with Crippen LogP contribution in [0.1, 0.15) is 24.8 Å². The fraction of sp³-hybridized carbons (Fsp3) is 0.353. The molecule has 132 valence electrons. The monoisotopic (exact) mass is 362 g/mol. The van der Waals surface area contributed by atoms with Crippen LogP contribution in [0.5, 0.6) is 5.75 Å². The second-order valence-corrected chi connectivity index (χ2v) is 6.74. The molecule has 1 amide bonds. The smallest absolute Gasteiger partial charge is 0.404 e. The van der Waals surface area contributed by atoms with Crippen molar-refractivity contribution in [2.45, 2.75) is 26.2 Å². The maximum atomic E-state index is 10.4. The highest BCUT2D eigenvalue weighted by Crippen LogP contribution is 2.30. The van der Waals surface area contributed by atoms with Crippen LogP contribution in [0, 0.1) is 0 Å². The Balaban J connectivity index is 1.81. The van der Waals surface area contributed by atoms with Gasteiger partial charge in [-0.05, 0) is 31.4 Å². The molecule has 0 aliphatic rings. The highest BCUT2D eigenvalue weighted by molar-refractivity contribution is 7.19. The highest BCUT2D eigenvalue weighted by atomic mass is 32.1. The Hall–Kier alpha value is -2.61. The lowest BCUT2D eigenvalue weighted by molar-refractivity contribution is -0.883. The van der Waals surface area contributed by atoms with E-state index < -0.39 is 6.09 Å². The Bertz CT molecular complexity index is 910. The molecule has 0 bridgehead atoms. The maximum absolute atomic E-state index is 10.4.